The predicted octanol–water partition coefficient (Wildman–Crippen LogP) is 4.75. The van der Waals surface area contributed by atoms with Gasteiger partial charge in [-0.3, -0.25) is 9.59 Å². The second kappa shape index (κ2) is 12.2. The number of benzene rings is 3. The van der Waals surface area contributed by atoms with Crippen molar-refractivity contribution in [3.8, 4) is 11.5 Å². The van der Waals surface area contributed by atoms with Gasteiger partial charge in [-0.25, -0.2) is 10.2 Å². The molecule has 0 spiro atoms. The lowest BCUT2D eigenvalue weighted by atomic mass is 10.2. The van der Waals surface area contributed by atoms with Crippen molar-refractivity contribution in [3.63, 3.8) is 0 Å². The van der Waals surface area contributed by atoms with E-state index in [9.17, 15) is 14.4 Å². The monoisotopic (exact) mass is 533 g/mol. The molecule has 3 aromatic carbocycles. The van der Waals surface area contributed by atoms with Gasteiger partial charge in [0.25, 0.3) is 11.8 Å². The smallest absolute Gasteiger partial charge is 0.345 e. The molecule has 0 aromatic heterocycles. The molecule has 0 aliphatic carbocycles. The summed E-state index contributed by atoms with van der Waals surface area (Å²) in [6.07, 6.45) is 1.36. The lowest BCUT2D eigenvalue weighted by Crippen LogP contribution is -2.34. The van der Waals surface area contributed by atoms with E-state index in [-0.39, 0.29) is 28.6 Å². The number of esters is 1. The third-order valence-corrected chi connectivity index (χ3v) is 5.22. The Morgan fingerprint density at radius 1 is 0.943 bits per heavy atom. The van der Waals surface area contributed by atoms with E-state index in [0.717, 1.165) is 0 Å². The highest BCUT2D eigenvalue weighted by Crippen LogP contribution is 2.30. The molecule has 0 radical (unpaired) electrons. The first kappa shape index (κ1) is 26.0. The summed E-state index contributed by atoms with van der Waals surface area (Å²) in [5, 5.41) is 7.28. The van der Waals surface area contributed by atoms with E-state index in [1.54, 1.807) is 30.3 Å². The molecule has 2 N–H and O–H groups in total. The molecule has 3 rings (SSSR count). The second-order valence-electron chi connectivity index (χ2n) is 6.91. The molecule has 3 aromatic rings. The number of methoxy groups -OCH3 is 1. The Morgan fingerprint density at radius 2 is 1.71 bits per heavy atom. The summed E-state index contributed by atoms with van der Waals surface area (Å²) < 4.78 is 10.7. The Bertz CT molecular complexity index is 1300. The number of halogens is 3. The highest BCUT2D eigenvalue weighted by molar-refractivity contribution is 6.36. The van der Waals surface area contributed by atoms with Crippen LogP contribution in [-0.4, -0.2) is 37.7 Å². The molecule has 8 nitrogen and oxygen atoms in total. The maximum absolute atomic E-state index is 12.4. The zero-order chi connectivity index (χ0) is 25.4. The number of amides is 2. The fourth-order valence-corrected chi connectivity index (χ4v) is 3.45. The first-order chi connectivity index (χ1) is 16.8. The van der Waals surface area contributed by atoms with Crippen LogP contribution in [0.25, 0.3) is 0 Å². The van der Waals surface area contributed by atoms with Crippen LogP contribution in [0.3, 0.4) is 0 Å². The van der Waals surface area contributed by atoms with Crippen molar-refractivity contribution in [2.24, 2.45) is 5.10 Å². The van der Waals surface area contributed by atoms with Crippen LogP contribution in [0.4, 0.5) is 0 Å². The molecule has 0 saturated carbocycles. The third kappa shape index (κ3) is 7.45. The lowest BCUT2D eigenvalue weighted by Gasteiger charge is -2.10. The van der Waals surface area contributed by atoms with Crippen LogP contribution in [-0.2, 0) is 4.79 Å². The summed E-state index contributed by atoms with van der Waals surface area (Å²) in [5.74, 6) is -1.24. The fraction of sp³-hybridized carbons (Fsp3) is 0.0833. The molecule has 0 saturated heterocycles. The van der Waals surface area contributed by atoms with Crippen LogP contribution in [0, 0.1) is 0 Å². The van der Waals surface area contributed by atoms with Crippen LogP contribution in [0.5, 0.6) is 11.5 Å². The van der Waals surface area contributed by atoms with E-state index in [1.165, 1.54) is 43.7 Å². The van der Waals surface area contributed by atoms with Crippen molar-refractivity contribution in [1.82, 2.24) is 10.7 Å². The number of hydrogen-bond acceptors (Lipinski definition) is 6. The molecule has 0 aliphatic heterocycles. The molecule has 180 valence electrons. The number of ether oxygens (including phenoxy) is 2. The zero-order valence-corrected chi connectivity index (χ0v) is 20.4. The molecule has 0 atom stereocenters. The van der Waals surface area contributed by atoms with E-state index in [1.807, 2.05) is 0 Å². The Morgan fingerprint density at radius 3 is 2.43 bits per heavy atom. The van der Waals surface area contributed by atoms with Crippen molar-refractivity contribution in [1.29, 1.82) is 0 Å². The van der Waals surface area contributed by atoms with Crippen LogP contribution in [0.2, 0.25) is 15.1 Å². The average Bonchev–Trinajstić information content (AvgIpc) is 2.83. The summed E-state index contributed by atoms with van der Waals surface area (Å²) in [4.78, 5) is 36.4. The number of rotatable bonds is 8. The van der Waals surface area contributed by atoms with Gasteiger partial charge in [-0.05, 0) is 60.2 Å². The number of nitrogens with one attached hydrogen (secondary N) is 2. The minimum atomic E-state index is -0.682. The van der Waals surface area contributed by atoms with Gasteiger partial charge in [-0.2, -0.15) is 5.10 Å². The molecule has 0 fully saturated rings. The molecular weight excluding hydrogens is 517 g/mol. The van der Waals surface area contributed by atoms with Crippen molar-refractivity contribution in [3.05, 3.63) is 92.4 Å². The van der Waals surface area contributed by atoms with E-state index in [0.29, 0.717) is 21.2 Å². The first-order valence-corrected chi connectivity index (χ1v) is 11.1. The highest BCUT2D eigenvalue weighted by atomic mass is 35.5. The van der Waals surface area contributed by atoms with Gasteiger partial charge in [0.2, 0.25) is 0 Å². The van der Waals surface area contributed by atoms with E-state index in [4.69, 9.17) is 44.3 Å². The normalized spacial score (nSPS) is 10.6. The largest absolute Gasteiger partial charge is 0.493 e. The van der Waals surface area contributed by atoms with E-state index >= 15 is 0 Å². The summed E-state index contributed by atoms with van der Waals surface area (Å²) in [7, 11) is 1.41. The summed E-state index contributed by atoms with van der Waals surface area (Å²) in [5.41, 5.74) is 3.33. The van der Waals surface area contributed by atoms with Gasteiger partial charge in [0.05, 0.1) is 30.5 Å². The molecule has 0 heterocycles. The summed E-state index contributed by atoms with van der Waals surface area (Å²) in [6, 6.07) is 15.4. The summed E-state index contributed by atoms with van der Waals surface area (Å²) in [6.45, 7) is -0.284. The van der Waals surface area contributed by atoms with Crippen molar-refractivity contribution in [2.75, 3.05) is 13.7 Å². The SMILES string of the molecule is COc1cc(/C=N\NC(=O)CNC(=O)c2cccc(Cl)c2)ccc1OC(=O)c1ccc(Cl)cc1Cl. The molecule has 35 heavy (non-hydrogen) atoms. The van der Waals surface area contributed by atoms with E-state index in [2.05, 4.69) is 15.8 Å². The van der Waals surface area contributed by atoms with Gasteiger partial charge in [-0.15, -0.1) is 0 Å². The van der Waals surface area contributed by atoms with Crippen LogP contribution >= 0.6 is 34.8 Å². The standard InChI is InChI=1S/C24H18Cl3N3O5/c1-34-21-9-14(5-8-20(21)35-24(33)18-7-6-17(26)11-19(18)27)12-29-30-22(31)13-28-23(32)15-3-2-4-16(25)10-15/h2-12H,13H2,1H3,(H,28,32)(H,30,31)/b29-12-. The van der Waals surface area contributed by atoms with E-state index < -0.39 is 17.8 Å². The summed E-state index contributed by atoms with van der Waals surface area (Å²) >= 11 is 17.8. The number of hydrazone groups is 1. The number of carbonyl (C=O) groups excluding carboxylic acids is 3. The maximum atomic E-state index is 12.4. The second-order valence-corrected chi connectivity index (χ2v) is 8.19. The lowest BCUT2D eigenvalue weighted by molar-refractivity contribution is -0.120. The minimum Gasteiger partial charge on any atom is -0.493 e. The molecule has 0 bridgehead atoms. The van der Waals surface area contributed by atoms with Gasteiger partial charge in [0.15, 0.2) is 11.5 Å². The van der Waals surface area contributed by atoms with Crippen molar-refractivity contribution >= 4 is 58.8 Å². The molecule has 0 aliphatic rings. The Balaban J connectivity index is 1.56. The van der Waals surface area contributed by atoms with Gasteiger partial charge in [-0.1, -0.05) is 40.9 Å². The van der Waals surface area contributed by atoms with Crippen molar-refractivity contribution < 1.29 is 23.9 Å². The van der Waals surface area contributed by atoms with Crippen LogP contribution in [0.1, 0.15) is 26.3 Å². The maximum Gasteiger partial charge on any atom is 0.345 e. The molecule has 2 amide bonds. The van der Waals surface area contributed by atoms with Crippen molar-refractivity contribution in [2.45, 2.75) is 0 Å². The Labute approximate surface area is 215 Å². The van der Waals surface area contributed by atoms with Gasteiger partial charge in [0, 0.05) is 15.6 Å². The number of hydrogen-bond donors (Lipinski definition) is 2. The first-order valence-electron chi connectivity index (χ1n) is 9.97. The Hall–Kier alpha value is -3.59. The predicted molar refractivity (Wildman–Crippen MR) is 134 cm³/mol. The highest BCUT2D eigenvalue weighted by Gasteiger charge is 2.16. The van der Waals surface area contributed by atoms with Gasteiger partial charge in [0.1, 0.15) is 0 Å². The quantitative estimate of drug-likeness (QED) is 0.188. The molecule has 0 unspecified atom stereocenters. The number of nitrogens with zero attached hydrogens (tertiary/aromatic N) is 1. The van der Waals surface area contributed by atoms with Gasteiger partial charge < -0.3 is 14.8 Å². The number of carbonyl (C=O) groups is 3. The third-order valence-electron chi connectivity index (χ3n) is 4.44. The van der Waals surface area contributed by atoms with Crippen LogP contribution in [0.15, 0.2) is 65.8 Å². The minimum absolute atomic E-state index is 0.147. The average molecular weight is 535 g/mol. The Kier molecular flexibility index (Phi) is 9.08. The zero-order valence-electron chi connectivity index (χ0n) is 18.2. The van der Waals surface area contributed by atoms with Gasteiger partial charge >= 0.3 is 5.97 Å². The van der Waals surface area contributed by atoms with Crippen LogP contribution < -0.4 is 20.2 Å². The molecule has 11 heteroatoms. The topological polar surface area (TPSA) is 106 Å². The fourth-order valence-electron chi connectivity index (χ4n) is 2.77. The molecular formula is C24H18Cl3N3O5.